The summed E-state index contributed by atoms with van der Waals surface area (Å²) in [5.74, 6) is -0.173. The van der Waals surface area contributed by atoms with Crippen LogP contribution in [0, 0.1) is 0 Å². The van der Waals surface area contributed by atoms with Gasteiger partial charge in [0.2, 0.25) is 0 Å². The average molecular weight is 184 g/mol. The van der Waals surface area contributed by atoms with Crippen molar-refractivity contribution >= 4 is 11.9 Å². The Bertz CT molecular complexity index is 271. The zero-order chi connectivity index (χ0) is 9.64. The molecular weight excluding hydrogens is 172 g/mol. The van der Waals surface area contributed by atoms with E-state index in [1.54, 1.807) is 13.8 Å². The van der Waals surface area contributed by atoms with Crippen LogP contribution in [0.15, 0.2) is 0 Å². The van der Waals surface area contributed by atoms with Crippen LogP contribution in [-0.2, 0) is 9.53 Å². The van der Waals surface area contributed by atoms with Crippen molar-refractivity contribution in [3.63, 3.8) is 0 Å². The highest BCUT2D eigenvalue weighted by Gasteiger charge is 2.46. The number of imide groups is 1. The molecule has 72 valence electrons. The van der Waals surface area contributed by atoms with Crippen molar-refractivity contribution in [2.75, 3.05) is 13.2 Å². The molecule has 1 atom stereocenters. The van der Waals surface area contributed by atoms with E-state index < -0.39 is 5.54 Å². The zero-order valence-corrected chi connectivity index (χ0v) is 7.66. The topological polar surface area (TPSA) is 61.9 Å². The number of rotatable bonds is 2. The van der Waals surface area contributed by atoms with Crippen LogP contribution in [0.25, 0.3) is 0 Å². The lowest BCUT2D eigenvalue weighted by molar-refractivity contribution is -0.130. The molecule has 2 fully saturated rings. The number of hydrogen-bond acceptors (Lipinski definition) is 3. The number of nitrogens with zero attached hydrogens (tertiary/aromatic N) is 1. The summed E-state index contributed by atoms with van der Waals surface area (Å²) < 4.78 is 4.96. The zero-order valence-electron chi connectivity index (χ0n) is 7.66. The van der Waals surface area contributed by atoms with E-state index in [1.807, 2.05) is 0 Å². The second kappa shape index (κ2) is 2.45. The molecule has 0 saturated carbocycles. The van der Waals surface area contributed by atoms with Crippen molar-refractivity contribution in [1.82, 2.24) is 10.2 Å². The smallest absolute Gasteiger partial charge is 0.325 e. The molecule has 2 aliphatic rings. The van der Waals surface area contributed by atoms with Crippen molar-refractivity contribution in [3.05, 3.63) is 0 Å². The third-order valence-corrected chi connectivity index (χ3v) is 2.23. The number of nitrogens with one attached hydrogen (secondary N) is 1. The molecular formula is C8H12N2O3. The lowest BCUT2D eigenvalue weighted by Gasteiger charge is -2.14. The molecule has 0 aromatic carbocycles. The van der Waals surface area contributed by atoms with E-state index in [4.69, 9.17) is 4.74 Å². The maximum absolute atomic E-state index is 11.6. The minimum Gasteiger partial charge on any atom is -0.371 e. The van der Waals surface area contributed by atoms with E-state index in [0.717, 1.165) is 0 Å². The summed E-state index contributed by atoms with van der Waals surface area (Å²) in [6.07, 6.45) is 0.0589. The molecule has 5 heteroatoms. The van der Waals surface area contributed by atoms with Crippen LogP contribution in [0.2, 0.25) is 0 Å². The van der Waals surface area contributed by atoms with Crippen molar-refractivity contribution in [3.8, 4) is 0 Å². The van der Waals surface area contributed by atoms with E-state index in [0.29, 0.717) is 13.2 Å². The molecule has 0 aliphatic carbocycles. The maximum Gasteiger partial charge on any atom is 0.325 e. The van der Waals surface area contributed by atoms with Gasteiger partial charge in [0, 0.05) is 0 Å². The lowest BCUT2D eigenvalue weighted by Crippen LogP contribution is -2.40. The monoisotopic (exact) mass is 184 g/mol. The standard InChI is InChI=1S/C8H12N2O3/c1-8(2)6(11)10(7(12)9-8)3-5-4-13-5/h5H,3-4H2,1-2H3,(H,9,12)/t5-/m0/s1. The normalized spacial score (nSPS) is 30.6. The van der Waals surface area contributed by atoms with Crippen LogP contribution in [-0.4, -0.2) is 41.6 Å². The van der Waals surface area contributed by atoms with E-state index in [2.05, 4.69) is 5.32 Å². The molecule has 5 nitrogen and oxygen atoms in total. The molecule has 13 heavy (non-hydrogen) atoms. The fourth-order valence-electron chi connectivity index (χ4n) is 1.36. The number of carbonyl (C=O) groups excluding carboxylic acids is 2. The summed E-state index contributed by atoms with van der Waals surface area (Å²) in [6.45, 7) is 4.42. The van der Waals surface area contributed by atoms with Gasteiger partial charge in [0.05, 0.1) is 19.3 Å². The first-order valence-electron chi connectivity index (χ1n) is 4.26. The molecule has 1 N–H and O–H groups in total. The number of ether oxygens (including phenoxy) is 1. The minimum atomic E-state index is -0.758. The Labute approximate surface area is 76.0 Å². The van der Waals surface area contributed by atoms with Crippen molar-refractivity contribution < 1.29 is 14.3 Å². The van der Waals surface area contributed by atoms with E-state index in [9.17, 15) is 9.59 Å². The quantitative estimate of drug-likeness (QED) is 0.474. The number of carbonyl (C=O) groups is 2. The second-order valence-corrected chi connectivity index (χ2v) is 3.93. The van der Waals surface area contributed by atoms with Gasteiger partial charge < -0.3 is 10.1 Å². The van der Waals surface area contributed by atoms with Gasteiger partial charge in [0.15, 0.2) is 0 Å². The predicted molar refractivity (Wildman–Crippen MR) is 44.1 cm³/mol. The summed E-state index contributed by atoms with van der Waals surface area (Å²) in [7, 11) is 0. The molecule has 3 amide bonds. The van der Waals surface area contributed by atoms with Gasteiger partial charge in [-0.15, -0.1) is 0 Å². The molecule has 0 spiro atoms. The van der Waals surface area contributed by atoms with Gasteiger partial charge in [-0.3, -0.25) is 9.69 Å². The molecule has 0 unspecified atom stereocenters. The number of epoxide rings is 1. The van der Waals surface area contributed by atoms with Gasteiger partial charge >= 0.3 is 6.03 Å². The van der Waals surface area contributed by atoms with Crippen LogP contribution in [0.5, 0.6) is 0 Å². The lowest BCUT2D eigenvalue weighted by atomic mass is 10.1. The summed E-state index contributed by atoms with van der Waals surface area (Å²) >= 11 is 0. The Balaban J connectivity index is 2.09. The molecule has 2 aliphatic heterocycles. The summed E-state index contributed by atoms with van der Waals surface area (Å²) in [5, 5.41) is 2.61. The minimum absolute atomic E-state index is 0.0589. The molecule has 2 saturated heterocycles. The van der Waals surface area contributed by atoms with Gasteiger partial charge in [-0.2, -0.15) is 0 Å². The van der Waals surface area contributed by atoms with Crippen LogP contribution in [0.1, 0.15) is 13.8 Å². The molecule has 0 aromatic heterocycles. The highest BCUT2D eigenvalue weighted by molar-refractivity contribution is 6.06. The van der Waals surface area contributed by atoms with Crippen molar-refractivity contribution in [2.45, 2.75) is 25.5 Å². The first-order valence-corrected chi connectivity index (χ1v) is 4.26. The molecule has 2 heterocycles. The van der Waals surface area contributed by atoms with E-state index in [1.165, 1.54) is 4.90 Å². The van der Waals surface area contributed by atoms with Gasteiger partial charge in [-0.25, -0.2) is 4.79 Å². The maximum atomic E-state index is 11.6. The van der Waals surface area contributed by atoms with E-state index >= 15 is 0 Å². The molecule has 0 radical (unpaired) electrons. The van der Waals surface area contributed by atoms with Gasteiger partial charge in [-0.1, -0.05) is 0 Å². The third-order valence-electron chi connectivity index (χ3n) is 2.23. The number of urea groups is 1. The van der Waals surface area contributed by atoms with Crippen LogP contribution >= 0.6 is 0 Å². The van der Waals surface area contributed by atoms with Gasteiger partial charge in [0.1, 0.15) is 5.54 Å². The first kappa shape index (κ1) is 8.50. The SMILES string of the molecule is CC1(C)NC(=O)N(C[C@H]2CO2)C1=O. The number of amides is 3. The molecule has 0 bridgehead atoms. The highest BCUT2D eigenvalue weighted by atomic mass is 16.6. The Morgan fingerprint density at radius 2 is 2.23 bits per heavy atom. The second-order valence-electron chi connectivity index (χ2n) is 3.93. The average Bonchev–Trinajstić information content (AvgIpc) is 2.77. The van der Waals surface area contributed by atoms with Gasteiger partial charge in [-0.05, 0) is 13.8 Å². The van der Waals surface area contributed by atoms with Gasteiger partial charge in [0.25, 0.3) is 5.91 Å². The first-order chi connectivity index (χ1) is 6.00. The Kier molecular flexibility index (Phi) is 1.60. The van der Waals surface area contributed by atoms with Crippen molar-refractivity contribution in [2.24, 2.45) is 0 Å². The van der Waals surface area contributed by atoms with Crippen LogP contribution in [0.3, 0.4) is 0 Å². The third kappa shape index (κ3) is 1.39. The Hall–Kier alpha value is -1.10. The fourth-order valence-corrected chi connectivity index (χ4v) is 1.36. The largest absolute Gasteiger partial charge is 0.371 e. The Morgan fingerprint density at radius 1 is 1.62 bits per heavy atom. The predicted octanol–water partition coefficient (Wildman–Crippen LogP) is -0.284. The highest BCUT2D eigenvalue weighted by Crippen LogP contribution is 2.20. The summed E-state index contributed by atoms with van der Waals surface area (Å²) in [5.41, 5.74) is -0.758. The Morgan fingerprint density at radius 3 is 2.62 bits per heavy atom. The summed E-state index contributed by atoms with van der Waals surface area (Å²) in [6, 6.07) is -0.314. The van der Waals surface area contributed by atoms with Crippen LogP contribution < -0.4 is 5.32 Å². The molecule has 2 rings (SSSR count). The fraction of sp³-hybridized carbons (Fsp3) is 0.750. The molecule has 0 aromatic rings. The van der Waals surface area contributed by atoms with E-state index in [-0.39, 0.29) is 18.0 Å². The van der Waals surface area contributed by atoms with Crippen LogP contribution in [0.4, 0.5) is 4.79 Å². The summed E-state index contributed by atoms with van der Waals surface area (Å²) in [4.78, 5) is 24.1. The van der Waals surface area contributed by atoms with Crippen molar-refractivity contribution in [1.29, 1.82) is 0 Å². The number of hydrogen-bond donors (Lipinski definition) is 1.